The number of nitrogens with one attached hydrogen (secondary N) is 1. The standard InChI is InChI=1S/C6H6BrNO3S2.C6H7NO3S2/c7-3-5(9)4-1-2-12-6(4)13(8,10)11;8-5-3-7-12(9,10)6-4(5)1-2-11-6/h1-2H,3H2,(H2,8,10,11);1-2,5,7-8H,3H2. The fraction of sp³-hybridized carbons (Fsp3) is 0.250. The molecule has 13 heteroatoms. The van der Waals surface area contributed by atoms with Gasteiger partial charge in [0, 0.05) is 17.7 Å². The van der Waals surface area contributed by atoms with Crippen LogP contribution in [-0.4, -0.2) is 39.6 Å². The molecule has 0 saturated heterocycles. The zero-order chi connectivity index (χ0) is 18.8. The van der Waals surface area contributed by atoms with Crippen LogP contribution in [0.1, 0.15) is 22.0 Å². The molecule has 0 bridgehead atoms. The molecule has 2 aromatic heterocycles. The molecule has 0 amide bonds. The van der Waals surface area contributed by atoms with Crippen LogP contribution in [0.15, 0.2) is 31.3 Å². The minimum Gasteiger partial charge on any atom is -0.387 e. The number of hydrogen-bond donors (Lipinski definition) is 3. The zero-order valence-corrected chi connectivity index (χ0v) is 17.2. The van der Waals surface area contributed by atoms with Crippen molar-refractivity contribution in [2.24, 2.45) is 5.14 Å². The van der Waals surface area contributed by atoms with Crippen molar-refractivity contribution in [3.63, 3.8) is 0 Å². The van der Waals surface area contributed by atoms with Crippen LogP contribution in [0.25, 0.3) is 0 Å². The molecular formula is C12H13BrN2O6S4. The van der Waals surface area contributed by atoms with Crippen LogP contribution in [0.2, 0.25) is 0 Å². The second kappa shape index (κ2) is 7.92. The van der Waals surface area contributed by atoms with E-state index in [9.17, 15) is 26.7 Å². The lowest BCUT2D eigenvalue weighted by molar-refractivity contribution is 0.102. The van der Waals surface area contributed by atoms with Gasteiger partial charge in [-0.2, -0.15) is 0 Å². The summed E-state index contributed by atoms with van der Waals surface area (Å²) in [5, 5.41) is 17.5. The van der Waals surface area contributed by atoms with Gasteiger partial charge < -0.3 is 5.11 Å². The Hall–Kier alpha value is -0.670. The lowest BCUT2D eigenvalue weighted by Gasteiger charge is -2.18. The predicted octanol–water partition coefficient (Wildman–Crippen LogP) is 1.05. The van der Waals surface area contributed by atoms with Crippen LogP contribution in [0.4, 0.5) is 0 Å². The molecule has 25 heavy (non-hydrogen) atoms. The molecule has 1 atom stereocenters. The summed E-state index contributed by atoms with van der Waals surface area (Å²) in [7, 11) is -7.09. The summed E-state index contributed by atoms with van der Waals surface area (Å²) in [6, 6.07) is 3.09. The number of hydrogen-bond acceptors (Lipinski definition) is 8. The third-order valence-electron chi connectivity index (χ3n) is 3.04. The number of fused-ring (bicyclic) bond motifs is 1. The van der Waals surface area contributed by atoms with E-state index in [-0.39, 0.29) is 31.6 Å². The number of sulfonamides is 2. The van der Waals surface area contributed by atoms with Crippen LogP contribution in [-0.2, 0) is 20.0 Å². The summed E-state index contributed by atoms with van der Waals surface area (Å²) in [5.41, 5.74) is 0.670. The lowest BCUT2D eigenvalue weighted by Crippen LogP contribution is -2.33. The second-order valence-corrected chi connectivity index (χ2v) is 10.9. The van der Waals surface area contributed by atoms with Crippen LogP contribution in [0.5, 0.6) is 0 Å². The highest BCUT2D eigenvalue weighted by Gasteiger charge is 2.29. The van der Waals surface area contributed by atoms with Crippen molar-refractivity contribution in [2.45, 2.75) is 14.5 Å². The maximum Gasteiger partial charge on any atom is 0.250 e. The van der Waals surface area contributed by atoms with Gasteiger partial charge in [0.1, 0.15) is 8.42 Å². The van der Waals surface area contributed by atoms with Crippen molar-refractivity contribution in [3.05, 3.63) is 34.0 Å². The fourth-order valence-corrected chi connectivity index (χ4v) is 6.61. The fourth-order valence-electron chi connectivity index (χ4n) is 1.93. The van der Waals surface area contributed by atoms with Crippen molar-refractivity contribution >= 4 is 64.4 Å². The lowest BCUT2D eigenvalue weighted by atomic mass is 10.2. The van der Waals surface area contributed by atoms with E-state index in [0.717, 1.165) is 22.7 Å². The van der Waals surface area contributed by atoms with E-state index in [0.29, 0.717) is 5.56 Å². The Morgan fingerprint density at radius 1 is 1.36 bits per heavy atom. The van der Waals surface area contributed by atoms with Gasteiger partial charge in [-0.3, -0.25) is 4.79 Å². The van der Waals surface area contributed by atoms with Gasteiger partial charge in [0.15, 0.2) is 5.78 Å². The highest BCUT2D eigenvalue weighted by molar-refractivity contribution is 9.09. The molecule has 1 aliphatic heterocycles. The van der Waals surface area contributed by atoms with Gasteiger partial charge in [-0.25, -0.2) is 26.7 Å². The molecule has 1 aliphatic rings. The van der Waals surface area contributed by atoms with Crippen molar-refractivity contribution in [1.29, 1.82) is 0 Å². The Morgan fingerprint density at radius 2 is 2.00 bits per heavy atom. The summed E-state index contributed by atoms with van der Waals surface area (Å²) in [5.74, 6) is -0.287. The quantitative estimate of drug-likeness (QED) is 0.434. The number of carbonyl (C=O) groups is 1. The zero-order valence-electron chi connectivity index (χ0n) is 12.4. The third kappa shape index (κ3) is 4.74. The first-order valence-electron chi connectivity index (χ1n) is 6.52. The first-order valence-corrected chi connectivity index (χ1v) is 12.4. The number of primary sulfonamides is 1. The predicted molar refractivity (Wildman–Crippen MR) is 98.3 cm³/mol. The van der Waals surface area contributed by atoms with Gasteiger partial charge in [0.2, 0.25) is 10.0 Å². The maximum absolute atomic E-state index is 11.3. The molecule has 0 saturated carbocycles. The molecular weight excluding hydrogens is 476 g/mol. The van der Waals surface area contributed by atoms with Gasteiger partial charge in [-0.05, 0) is 22.9 Å². The number of nitrogens with two attached hydrogens (primary N) is 1. The molecule has 0 fully saturated rings. The molecule has 138 valence electrons. The molecule has 0 spiro atoms. The largest absolute Gasteiger partial charge is 0.387 e. The number of carbonyl (C=O) groups excluding carboxylic acids is 1. The number of halogens is 1. The molecule has 0 aliphatic carbocycles. The SMILES string of the molecule is NS(=O)(=O)c1sccc1C(=O)CBr.O=S1(=O)NCC(O)c2ccsc21. The minimum atomic E-state index is -3.77. The normalized spacial score (nSPS) is 18.8. The third-order valence-corrected chi connectivity index (χ3v) is 8.92. The van der Waals surface area contributed by atoms with E-state index in [2.05, 4.69) is 20.7 Å². The summed E-state index contributed by atoms with van der Waals surface area (Å²) >= 11 is 5.03. The van der Waals surface area contributed by atoms with Crippen LogP contribution in [0.3, 0.4) is 0 Å². The van der Waals surface area contributed by atoms with Crippen LogP contribution < -0.4 is 9.86 Å². The Bertz CT molecular complexity index is 979. The average molecular weight is 489 g/mol. The minimum absolute atomic E-state index is 0.0723. The van der Waals surface area contributed by atoms with Crippen LogP contribution in [0, 0.1) is 0 Å². The second-order valence-electron chi connectivity index (χ2n) is 4.75. The number of rotatable bonds is 3. The van der Waals surface area contributed by atoms with E-state index in [1.807, 2.05) is 0 Å². The summed E-state index contributed by atoms with van der Waals surface area (Å²) in [4.78, 5) is 11.2. The van der Waals surface area contributed by atoms with Gasteiger partial charge >= 0.3 is 0 Å². The van der Waals surface area contributed by atoms with Gasteiger partial charge in [-0.1, -0.05) is 15.9 Å². The van der Waals surface area contributed by atoms with E-state index in [1.54, 1.807) is 11.4 Å². The van der Waals surface area contributed by atoms with Crippen molar-refractivity contribution in [2.75, 3.05) is 11.9 Å². The number of aliphatic hydroxyl groups excluding tert-OH is 1. The topological polar surface area (TPSA) is 144 Å². The van der Waals surface area contributed by atoms with Gasteiger partial charge in [0.25, 0.3) is 10.0 Å². The molecule has 2 aromatic rings. The van der Waals surface area contributed by atoms with Crippen molar-refractivity contribution < 1.29 is 26.7 Å². The number of β-amino-alcohol motifs (C(OH)–C–C–N with tert-alkyl or cyclic N) is 1. The van der Waals surface area contributed by atoms with E-state index >= 15 is 0 Å². The Labute approximate surface area is 160 Å². The smallest absolute Gasteiger partial charge is 0.250 e. The first kappa shape index (κ1) is 20.6. The number of thiophene rings is 2. The Morgan fingerprint density at radius 3 is 2.56 bits per heavy atom. The number of alkyl halides is 1. The molecule has 3 rings (SSSR count). The van der Waals surface area contributed by atoms with Gasteiger partial charge in [-0.15, -0.1) is 22.7 Å². The Balaban J connectivity index is 0.000000181. The average Bonchev–Trinajstić information content (AvgIpc) is 3.20. The highest BCUT2D eigenvalue weighted by Crippen LogP contribution is 2.30. The van der Waals surface area contributed by atoms with E-state index in [4.69, 9.17) is 5.14 Å². The van der Waals surface area contributed by atoms with E-state index < -0.39 is 26.2 Å². The summed E-state index contributed by atoms with van der Waals surface area (Å²) in [6.45, 7) is 0.0755. The van der Waals surface area contributed by atoms with E-state index in [1.165, 1.54) is 11.4 Å². The number of ketones is 1. The van der Waals surface area contributed by atoms with Crippen molar-refractivity contribution in [1.82, 2.24) is 4.72 Å². The summed E-state index contributed by atoms with van der Waals surface area (Å²) in [6.07, 6.45) is -0.699. The molecule has 4 N–H and O–H groups in total. The maximum atomic E-state index is 11.3. The molecule has 0 aromatic carbocycles. The van der Waals surface area contributed by atoms with Gasteiger partial charge in [0.05, 0.1) is 11.4 Å². The molecule has 8 nitrogen and oxygen atoms in total. The monoisotopic (exact) mass is 488 g/mol. The summed E-state index contributed by atoms with van der Waals surface area (Å²) < 4.78 is 46.9. The molecule has 1 unspecified atom stereocenters. The first-order chi connectivity index (χ1) is 11.6. The number of aliphatic hydroxyl groups is 1. The molecule has 0 radical (unpaired) electrons. The van der Waals surface area contributed by atoms with Crippen molar-refractivity contribution in [3.8, 4) is 0 Å². The highest BCUT2D eigenvalue weighted by atomic mass is 79.9. The van der Waals surface area contributed by atoms with Crippen LogP contribution >= 0.6 is 38.6 Å². The number of Topliss-reactive ketones (excluding diaryl/α,β-unsaturated/α-hetero) is 1. The molecule has 3 heterocycles. The Kier molecular flexibility index (Phi) is 6.54.